The molecule has 1 aromatic rings. The number of amides is 1. The summed E-state index contributed by atoms with van der Waals surface area (Å²) in [4.78, 5) is 22.5. The molecule has 2 rings (SSSR count). The maximum Gasteiger partial charge on any atom is 0.306 e. The zero-order chi connectivity index (χ0) is 13.7. The van der Waals surface area contributed by atoms with E-state index in [0.717, 1.165) is 0 Å². The van der Waals surface area contributed by atoms with Gasteiger partial charge in [-0.3, -0.25) is 9.59 Å². The fourth-order valence-corrected chi connectivity index (χ4v) is 2.27. The Morgan fingerprint density at radius 1 is 1.26 bits per heavy atom. The molecule has 2 atom stereocenters. The van der Waals surface area contributed by atoms with Crippen LogP contribution < -0.4 is 10.1 Å². The number of para-hydroxylation sites is 1. The molecule has 1 aliphatic carbocycles. The minimum atomic E-state index is -0.780. The van der Waals surface area contributed by atoms with E-state index in [1.807, 2.05) is 18.2 Å². The summed E-state index contributed by atoms with van der Waals surface area (Å²) in [7, 11) is 0. The normalized spacial score (nSPS) is 21.9. The largest absolute Gasteiger partial charge is 0.484 e. The number of carboxylic acids is 1. The van der Waals surface area contributed by atoms with Crippen LogP contribution in [0.4, 0.5) is 0 Å². The molecule has 0 heterocycles. The molecule has 1 amide bonds. The number of hydrogen-bond acceptors (Lipinski definition) is 3. The highest BCUT2D eigenvalue weighted by Crippen LogP contribution is 2.25. The van der Waals surface area contributed by atoms with Crippen molar-refractivity contribution in [1.82, 2.24) is 5.32 Å². The second kappa shape index (κ2) is 6.22. The lowest BCUT2D eigenvalue weighted by Gasteiger charge is -2.13. The highest BCUT2D eigenvalue weighted by Gasteiger charge is 2.30. The van der Waals surface area contributed by atoms with Gasteiger partial charge in [0.1, 0.15) is 5.75 Å². The van der Waals surface area contributed by atoms with Crippen molar-refractivity contribution < 1.29 is 19.4 Å². The van der Waals surface area contributed by atoms with Crippen LogP contribution in [0, 0.1) is 5.92 Å². The molecule has 0 unspecified atom stereocenters. The first-order valence-electron chi connectivity index (χ1n) is 6.35. The van der Waals surface area contributed by atoms with E-state index in [-0.39, 0.29) is 24.5 Å². The topological polar surface area (TPSA) is 75.6 Å². The number of carbonyl (C=O) groups is 2. The first kappa shape index (κ1) is 13.4. The van der Waals surface area contributed by atoms with Crippen LogP contribution in [0.15, 0.2) is 30.3 Å². The van der Waals surface area contributed by atoms with E-state index < -0.39 is 5.97 Å². The lowest BCUT2D eigenvalue weighted by Crippen LogP contribution is -2.36. The summed E-state index contributed by atoms with van der Waals surface area (Å²) in [5.41, 5.74) is 0. The van der Waals surface area contributed by atoms with Gasteiger partial charge in [0, 0.05) is 6.04 Å². The molecule has 1 fully saturated rings. The Hall–Kier alpha value is -2.04. The molecule has 1 saturated carbocycles. The zero-order valence-corrected chi connectivity index (χ0v) is 10.5. The standard InChI is InChI=1S/C14H17NO4/c16-13(9-19-12-4-2-1-3-5-12)15-11-7-6-10(8-11)14(17)18/h1-5,10-11H,6-9H2,(H,15,16)(H,17,18)/t10-,11+/m1/s1. The third-order valence-corrected chi connectivity index (χ3v) is 3.26. The Morgan fingerprint density at radius 3 is 2.63 bits per heavy atom. The second-order valence-corrected chi connectivity index (χ2v) is 4.71. The van der Waals surface area contributed by atoms with Crippen molar-refractivity contribution in [3.63, 3.8) is 0 Å². The van der Waals surface area contributed by atoms with Crippen molar-refractivity contribution in [1.29, 1.82) is 0 Å². The highest BCUT2D eigenvalue weighted by atomic mass is 16.5. The first-order chi connectivity index (χ1) is 9.15. The number of nitrogens with one attached hydrogen (secondary N) is 1. The van der Waals surface area contributed by atoms with Crippen LogP contribution in [0.1, 0.15) is 19.3 Å². The van der Waals surface area contributed by atoms with E-state index in [1.54, 1.807) is 12.1 Å². The maximum atomic E-state index is 11.7. The number of rotatable bonds is 5. The van der Waals surface area contributed by atoms with Gasteiger partial charge in [0.05, 0.1) is 5.92 Å². The number of hydrogen-bond donors (Lipinski definition) is 2. The smallest absolute Gasteiger partial charge is 0.306 e. The number of aliphatic carboxylic acids is 1. The van der Waals surface area contributed by atoms with Crippen molar-refractivity contribution >= 4 is 11.9 Å². The Morgan fingerprint density at radius 2 is 2.00 bits per heavy atom. The molecule has 0 spiro atoms. The highest BCUT2D eigenvalue weighted by molar-refractivity contribution is 5.78. The molecule has 0 aliphatic heterocycles. The Bertz CT molecular complexity index is 446. The van der Waals surface area contributed by atoms with E-state index in [1.165, 1.54) is 0 Å². The molecule has 0 bridgehead atoms. The Balaban J connectivity index is 1.72. The van der Waals surface area contributed by atoms with Crippen LogP contribution in [0.25, 0.3) is 0 Å². The number of benzene rings is 1. The van der Waals surface area contributed by atoms with Gasteiger partial charge in [-0.15, -0.1) is 0 Å². The van der Waals surface area contributed by atoms with Gasteiger partial charge in [-0.25, -0.2) is 0 Å². The fourth-order valence-electron chi connectivity index (χ4n) is 2.27. The first-order valence-corrected chi connectivity index (χ1v) is 6.35. The fraction of sp³-hybridized carbons (Fsp3) is 0.429. The average Bonchev–Trinajstić information content (AvgIpc) is 2.86. The van der Waals surface area contributed by atoms with Crippen molar-refractivity contribution in [2.75, 3.05) is 6.61 Å². The van der Waals surface area contributed by atoms with Crippen molar-refractivity contribution in [2.24, 2.45) is 5.92 Å². The van der Waals surface area contributed by atoms with Crippen LogP contribution in [-0.4, -0.2) is 29.6 Å². The summed E-state index contributed by atoms with van der Waals surface area (Å²) in [6, 6.07) is 9.06. The number of carboxylic acid groups (broad SMARTS) is 1. The SMILES string of the molecule is O=C(COc1ccccc1)N[C@H]1CC[C@@H](C(=O)O)C1. The summed E-state index contributed by atoms with van der Waals surface area (Å²) in [6.07, 6.45) is 1.85. The average molecular weight is 263 g/mol. The summed E-state index contributed by atoms with van der Waals surface area (Å²) in [6.45, 7) is -0.0434. The predicted octanol–water partition coefficient (Wildman–Crippen LogP) is 1.43. The predicted molar refractivity (Wildman–Crippen MR) is 68.8 cm³/mol. The minimum absolute atomic E-state index is 0.0434. The van der Waals surface area contributed by atoms with E-state index in [2.05, 4.69) is 5.32 Å². The van der Waals surface area contributed by atoms with E-state index in [9.17, 15) is 9.59 Å². The second-order valence-electron chi connectivity index (χ2n) is 4.71. The third kappa shape index (κ3) is 3.98. The van der Waals surface area contributed by atoms with Crippen LogP contribution in [0.5, 0.6) is 5.75 Å². The van der Waals surface area contributed by atoms with Gasteiger partial charge in [0.25, 0.3) is 5.91 Å². The molecule has 2 N–H and O–H groups in total. The van der Waals surface area contributed by atoms with Crippen LogP contribution in [-0.2, 0) is 9.59 Å². The molecule has 0 saturated heterocycles. The van der Waals surface area contributed by atoms with E-state index >= 15 is 0 Å². The maximum absolute atomic E-state index is 11.7. The molecule has 0 radical (unpaired) electrons. The quantitative estimate of drug-likeness (QED) is 0.842. The molecule has 5 nitrogen and oxygen atoms in total. The molecule has 5 heteroatoms. The van der Waals surface area contributed by atoms with Crippen molar-refractivity contribution in [3.8, 4) is 5.75 Å². The van der Waals surface area contributed by atoms with Gasteiger partial charge in [0.2, 0.25) is 0 Å². The van der Waals surface area contributed by atoms with E-state index in [0.29, 0.717) is 25.0 Å². The zero-order valence-electron chi connectivity index (χ0n) is 10.5. The summed E-state index contributed by atoms with van der Waals surface area (Å²) >= 11 is 0. The van der Waals surface area contributed by atoms with Gasteiger partial charge in [-0.05, 0) is 31.4 Å². The Labute approximate surface area is 111 Å². The molecular weight excluding hydrogens is 246 g/mol. The van der Waals surface area contributed by atoms with Crippen molar-refractivity contribution in [2.45, 2.75) is 25.3 Å². The lowest BCUT2D eigenvalue weighted by molar-refractivity contribution is -0.141. The molecule has 102 valence electrons. The van der Waals surface area contributed by atoms with Crippen molar-refractivity contribution in [3.05, 3.63) is 30.3 Å². The Kier molecular flexibility index (Phi) is 4.39. The van der Waals surface area contributed by atoms with Crippen LogP contribution in [0.3, 0.4) is 0 Å². The summed E-state index contributed by atoms with van der Waals surface area (Å²) in [5, 5.41) is 11.7. The molecule has 1 aliphatic rings. The van der Waals surface area contributed by atoms with Crippen LogP contribution in [0.2, 0.25) is 0 Å². The van der Waals surface area contributed by atoms with Gasteiger partial charge >= 0.3 is 5.97 Å². The van der Waals surface area contributed by atoms with Crippen LogP contribution >= 0.6 is 0 Å². The summed E-state index contributed by atoms with van der Waals surface area (Å²) < 4.78 is 5.32. The summed E-state index contributed by atoms with van der Waals surface area (Å²) in [5.74, 6) is -0.676. The van der Waals surface area contributed by atoms with Gasteiger partial charge < -0.3 is 15.2 Å². The minimum Gasteiger partial charge on any atom is -0.484 e. The molecule has 1 aromatic carbocycles. The van der Waals surface area contributed by atoms with Gasteiger partial charge in [-0.1, -0.05) is 18.2 Å². The van der Waals surface area contributed by atoms with Gasteiger partial charge in [-0.2, -0.15) is 0 Å². The van der Waals surface area contributed by atoms with Gasteiger partial charge in [0.15, 0.2) is 6.61 Å². The molecular formula is C14H17NO4. The lowest BCUT2D eigenvalue weighted by atomic mass is 10.1. The third-order valence-electron chi connectivity index (χ3n) is 3.26. The van der Waals surface area contributed by atoms with E-state index in [4.69, 9.17) is 9.84 Å². The monoisotopic (exact) mass is 263 g/mol. The molecule has 0 aromatic heterocycles. The number of ether oxygens (including phenoxy) is 1. The number of carbonyl (C=O) groups excluding carboxylic acids is 1. The molecule has 19 heavy (non-hydrogen) atoms.